The number of hydrogen-bond donors (Lipinski definition) is 2. The van der Waals surface area contributed by atoms with Gasteiger partial charge in [-0.25, -0.2) is 13.2 Å². The third kappa shape index (κ3) is 3.97. The molecule has 0 fully saturated rings. The van der Waals surface area contributed by atoms with Crippen molar-refractivity contribution in [3.05, 3.63) is 29.6 Å². The molecule has 1 aromatic carbocycles. The van der Waals surface area contributed by atoms with E-state index >= 15 is 0 Å². The van der Waals surface area contributed by atoms with E-state index in [0.717, 1.165) is 0 Å². The van der Waals surface area contributed by atoms with Crippen molar-refractivity contribution in [3.63, 3.8) is 0 Å². The average Bonchev–Trinajstić information content (AvgIpc) is 2.14. The molecule has 17 heavy (non-hydrogen) atoms. The van der Waals surface area contributed by atoms with Gasteiger partial charge in [0.05, 0.1) is 6.54 Å². The Morgan fingerprint density at radius 2 is 1.76 bits per heavy atom. The summed E-state index contributed by atoms with van der Waals surface area (Å²) >= 11 is 0. The number of hydrogen-bond acceptors (Lipinski definition) is 2. The van der Waals surface area contributed by atoms with E-state index < -0.39 is 29.0 Å². The lowest BCUT2D eigenvalue weighted by Crippen LogP contribution is -2.35. The maximum Gasteiger partial charge on any atom is 0.239 e. The summed E-state index contributed by atoms with van der Waals surface area (Å²) in [4.78, 5) is 11.2. The van der Waals surface area contributed by atoms with E-state index in [0.29, 0.717) is 12.1 Å². The molecule has 0 aliphatic carbocycles. The van der Waals surface area contributed by atoms with Gasteiger partial charge in [0.15, 0.2) is 11.6 Å². The number of halogens is 3. The van der Waals surface area contributed by atoms with Crippen LogP contribution in [0, 0.1) is 17.5 Å². The summed E-state index contributed by atoms with van der Waals surface area (Å²) in [6, 6.07) is 1.03. The first-order valence-corrected chi connectivity index (χ1v) is 5.08. The number of benzene rings is 1. The molecule has 0 aromatic heterocycles. The molecule has 0 spiro atoms. The van der Waals surface area contributed by atoms with Gasteiger partial charge in [-0.2, -0.15) is 0 Å². The fourth-order valence-corrected chi connectivity index (χ4v) is 1.25. The molecule has 0 aliphatic rings. The van der Waals surface area contributed by atoms with Crippen LogP contribution >= 0.6 is 0 Å². The molecule has 0 unspecified atom stereocenters. The van der Waals surface area contributed by atoms with Gasteiger partial charge in [-0.3, -0.25) is 4.79 Å². The highest BCUT2D eigenvalue weighted by atomic mass is 19.1. The molecule has 2 N–H and O–H groups in total. The van der Waals surface area contributed by atoms with Gasteiger partial charge in [0.2, 0.25) is 5.91 Å². The van der Waals surface area contributed by atoms with Gasteiger partial charge in [-0.15, -0.1) is 0 Å². The minimum Gasteiger partial charge on any atom is -0.371 e. The average molecular weight is 246 g/mol. The Bertz CT molecular complexity index is 398. The lowest BCUT2D eigenvalue weighted by atomic mass is 10.2. The summed E-state index contributed by atoms with van der Waals surface area (Å²) in [6.45, 7) is 3.24. The van der Waals surface area contributed by atoms with Gasteiger partial charge < -0.3 is 10.6 Å². The van der Waals surface area contributed by atoms with Crippen LogP contribution in [0.15, 0.2) is 12.1 Å². The monoisotopic (exact) mass is 246 g/mol. The summed E-state index contributed by atoms with van der Waals surface area (Å²) in [6.07, 6.45) is 0. The third-order valence-electron chi connectivity index (χ3n) is 1.88. The number of carbonyl (C=O) groups is 1. The van der Waals surface area contributed by atoms with Crippen molar-refractivity contribution in [1.82, 2.24) is 5.32 Å². The predicted octanol–water partition coefficient (Wildman–Crippen LogP) is 2.04. The molecular weight excluding hydrogens is 233 g/mol. The van der Waals surface area contributed by atoms with E-state index in [1.165, 1.54) is 0 Å². The first-order valence-electron chi connectivity index (χ1n) is 5.08. The van der Waals surface area contributed by atoms with E-state index in [9.17, 15) is 18.0 Å². The number of amides is 1. The summed E-state index contributed by atoms with van der Waals surface area (Å²) in [5, 5.41) is 4.83. The molecule has 0 aliphatic heterocycles. The van der Waals surface area contributed by atoms with Crippen LogP contribution in [0.1, 0.15) is 13.8 Å². The largest absolute Gasteiger partial charge is 0.371 e. The Labute approximate surface area is 97.0 Å². The lowest BCUT2D eigenvalue weighted by Gasteiger charge is -2.11. The number of carbonyl (C=O) groups excluding carboxylic acids is 1. The van der Waals surface area contributed by atoms with Crippen molar-refractivity contribution in [2.75, 3.05) is 11.9 Å². The molecule has 0 bridgehead atoms. The Hall–Kier alpha value is -1.72. The molecule has 0 heterocycles. The normalized spacial score (nSPS) is 10.5. The highest BCUT2D eigenvalue weighted by molar-refractivity contribution is 5.80. The van der Waals surface area contributed by atoms with E-state index in [1.54, 1.807) is 13.8 Å². The molecule has 94 valence electrons. The zero-order valence-electron chi connectivity index (χ0n) is 9.48. The molecule has 0 saturated heterocycles. The smallest absolute Gasteiger partial charge is 0.239 e. The summed E-state index contributed by atoms with van der Waals surface area (Å²) in [5.41, 5.74) is -0.509. The van der Waals surface area contributed by atoms with E-state index in [-0.39, 0.29) is 12.6 Å². The van der Waals surface area contributed by atoms with Crippen LogP contribution in [0.25, 0.3) is 0 Å². The second kappa shape index (κ2) is 5.56. The number of nitrogens with one attached hydrogen (secondary N) is 2. The van der Waals surface area contributed by atoms with Gasteiger partial charge in [0, 0.05) is 18.2 Å². The highest BCUT2D eigenvalue weighted by Gasteiger charge is 2.12. The van der Waals surface area contributed by atoms with Crippen LogP contribution in [0.5, 0.6) is 0 Å². The zero-order valence-corrected chi connectivity index (χ0v) is 9.48. The third-order valence-corrected chi connectivity index (χ3v) is 1.88. The van der Waals surface area contributed by atoms with E-state index in [2.05, 4.69) is 10.6 Å². The van der Waals surface area contributed by atoms with Crippen molar-refractivity contribution in [1.29, 1.82) is 0 Å². The SMILES string of the molecule is CC(C)NC(=O)CNc1c(F)cc(F)cc1F. The minimum atomic E-state index is -1.07. The quantitative estimate of drug-likeness (QED) is 0.853. The summed E-state index contributed by atoms with van der Waals surface area (Å²) in [7, 11) is 0. The molecule has 6 heteroatoms. The van der Waals surface area contributed by atoms with Crippen LogP contribution in [-0.4, -0.2) is 18.5 Å². The molecule has 1 rings (SSSR count). The highest BCUT2D eigenvalue weighted by Crippen LogP contribution is 2.19. The Morgan fingerprint density at radius 3 is 2.24 bits per heavy atom. The van der Waals surface area contributed by atoms with Gasteiger partial charge in [0.1, 0.15) is 11.5 Å². The molecule has 0 saturated carbocycles. The van der Waals surface area contributed by atoms with Gasteiger partial charge >= 0.3 is 0 Å². The second-order valence-electron chi connectivity index (χ2n) is 3.82. The van der Waals surface area contributed by atoms with Gasteiger partial charge in [-0.1, -0.05) is 0 Å². The molecular formula is C11H13F3N2O. The standard InChI is InChI=1S/C11H13F3N2O/c1-6(2)16-10(17)5-15-11-8(13)3-7(12)4-9(11)14/h3-4,6,15H,5H2,1-2H3,(H,16,17). The van der Waals surface area contributed by atoms with Crippen LogP contribution in [0.3, 0.4) is 0 Å². The van der Waals surface area contributed by atoms with Gasteiger partial charge in [0.25, 0.3) is 0 Å². The predicted molar refractivity (Wildman–Crippen MR) is 58.1 cm³/mol. The van der Waals surface area contributed by atoms with Crippen molar-refractivity contribution in [2.24, 2.45) is 0 Å². The van der Waals surface area contributed by atoms with Crippen LogP contribution in [0.2, 0.25) is 0 Å². The summed E-state index contributed by atoms with van der Waals surface area (Å²) in [5.74, 6) is -3.54. The van der Waals surface area contributed by atoms with E-state index in [1.807, 2.05) is 0 Å². The molecule has 3 nitrogen and oxygen atoms in total. The minimum absolute atomic E-state index is 0.0628. The number of anilines is 1. The Kier molecular flexibility index (Phi) is 4.37. The van der Waals surface area contributed by atoms with Crippen LogP contribution < -0.4 is 10.6 Å². The molecule has 0 atom stereocenters. The van der Waals surface area contributed by atoms with Crippen LogP contribution in [-0.2, 0) is 4.79 Å². The van der Waals surface area contributed by atoms with Crippen molar-refractivity contribution >= 4 is 11.6 Å². The van der Waals surface area contributed by atoms with Crippen molar-refractivity contribution in [2.45, 2.75) is 19.9 Å². The fourth-order valence-electron chi connectivity index (χ4n) is 1.25. The Morgan fingerprint density at radius 1 is 1.24 bits per heavy atom. The van der Waals surface area contributed by atoms with E-state index in [4.69, 9.17) is 0 Å². The second-order valence-corrected chi connectivity index (χ2v) is 3.82. The fraction of sp³-hybridized carbons (Fsp3) is 0.364. The maximum absolute atomic E-state index is 13.2. The first kappa shape index (κ1) is 13.3. The molecule has 0 radical (unpaired) electrons. The Balaban J connectivity index is 2.67. The first-order chi connectivity index (χ1) is 7.90. The topological polar surface area (TPSA) is 41.1 Å². The van der Waals surface area contributed by atoms with Gasteiger partial charge in [-0.05, 0) is 13.8 Å². The molecule has 1 amide bonds. The van der Waals surface area contributed by atoms with Crippen LogP contribution in [0.4, 0.5) is 18.9 Å². The van der Waals surface area contributed by atoms with Crippen molar-refractivity contribution < 1.29 is 18.0 Å². The lowest BCUT2D eigenvalue weighted by molar-refractivity contribution is -0.119. The van der Waals surface area contributed by atoms with Crippen molar-refractivity contribution in [3.8, 4) is 0 Å². The zero-order chi connectivity index (χ0) is 13.0. The number of rotatable bonds is 4. The molecule has 1 aromatic rings. The summed E-state index contributed by atoms with van der Waals surface area (Å²) < 4.78 is 38.9. The maximum atomic E-state index is 13.2.